The van der Waals surface area contributed by atoms with Crippen LogP contribution in [0.25, 0.3) is 11.1 Å². The fourth-order valence-corrected chi connectivity index (χ4v) is 3.25. The zero-order chi connectivity index (χ0) is 13.3. The van der Waals surface area contributed by atoms with Crippen LogP contribution < -0.4 is 5.14 Å². The second-order valence-corrected chi connectivity index (χ2v) is 5.95. The Bertz CT molecular complexity index is 699. The molecule has 0 radical (unpaired) electrons. The fourth-order valence-electron chi connectivity index (χ4n) is 1.69. The zero-order valence-corrected chi connectivity index (χ0v) is 11.4. The summed E-state index contributed by atoms with van der Waals surface area (Å²) in [6.07, 6.45) is 0. The van der Waals surface area contributed by atoms with Gasteiger partial charge in [-0.05, 0) is 12.1 Å². The highest BCUT2D eigenvalue weighted by Gasteiger charge is 2.20. The average molecular weight is 302 g/mol. The second-order valence-electron chi connectivity index (χ2n) is 3.64. The van der Waals surface area contributed by atoms with Crippen molar-refractivity contribution in [2.24, 2.45) is 5.14 Å². The van der Waals surface area contributed by atoms with E-state index in [-0.39, 0.29) is 9.92 Å². The highest BCUT2D eigenvalue weighted by molar-refractivity contribution is 7.89. The molecule has 0 amide bonds. The van der Waals surface area contributed by atoms with E-state index >= 15 is 0 Å². The molecule has 0 atom stereocenters. The lowest BCUT2D eigenvalue weighted by Gasteiger charge is -2.10. The van der Waals surface area contributed by atoms with E-state index in [9.17, 15) is 8.42 Å². The summed E-state index contributed by atoms with van der Waals surface area (Å²) in [5, 5.41) is 5.70. The van der Waals surface area contributed by atoms with Crippen LogP contribution in [0.4, 0.5) is 0 Å². The van der Waals surface area contributed by atoms with E-state index in [0.29, 0.717) is 16.1 Å². The number of benzene rings is 2. The fraction of sp³-hybridized carbons (Fsp3) is 0. The third-order valence-electron chi connectivity index (χ3n) is 2.42. The van der Waals surface area contributed by atoms with E-state index in [1.165, 1.54) is 6.07 Å². The molecule has 2 N–H and O–H groups in total. The molecule has 0 saturated carbocycles. The molecule has 6 heteroatoms. The molecule has 0 aliphatic heterocycles. The van der Waals surface area contributed by atoms with E-state index in [2.05, 4.69) is 0 Å². The molecule has 2 rings (SSSR count). The number of primary sulfonamides is 1. The molecule has 94 valence electrons. The molecular weight excluding hydrogens is 293 g/mol. The van der Waals surface area contributed by atoms with E-state index in [1.54, 1.807) is 36.4 Å². The third-order valence-corrected chi connectivity index (χ3v) is 4.18. The number of hydrogen-bond acceptors (Lipinski definition) is 2. The molecule has 0 aliphatic rings. The smallest absolute Gasteiger partial charge is 0.225 e. The molecule has 0 spiro atoms. The van der Waals surface area contributed by atoms with Crippen LogP contribution >= 0.6 is 23.2 Å². The van der Waals surface area contributed by atoms with Gasteiger partial charge in [-0.15, -0.1) is 0 Å². The minimum atomic E-state index is -3.92. The zero-order valence-electron chi connectivity index (χ0n) is 9.10. The van der Waals surface area contributed by atoms with Crippen LogP contribution in [0, 0.1) is 0 Å². The Morgan fingerprint density at radius 3 is 2.00 bits per heavy atom. The summed E-state index contributed by atoms with van der Waals surface area (Å²) in [4.78, 5) is -0.111. The average Bonchev–Trinajstić information content (AvgIpc) is 2.27. The largest absolute Gasteiger partial charge is 0.240 e. The van der Waals surface area contributed by atoms with Crippen molar-refractivity contribution in [1.82, 2.24) is 0 Å². The summed E-state index contributed by atoms with van der Waals surface area (Å²) in [5.74, 6) is 0. The Kier molecular flexibility index (Phi) is 3.64. The third kappa shape index (κ3) is 2.52. The summed E-state index contributed by atoms with van der Waals surface area (Å²) in [6, 6.07) is 11.6. The van der Waals surface area contributed by atoms with Gasteiger partial charge in [0.2, 0.25) is 10.0 Å². The van der Waals surface area contributed by atoms with Crippen molar-refractivity contribution in [3.63, 3.8) is 0 Å². The van der Waals surface area contributed by atoms with Crippen molar-refractivity contribution in [2.45, 2.75) is 4.90 Å². The quantitative estimate of drug-likeness (QED) is 0.925. The Hall–Kier alpha value is -1.07. The van der Waals surface area contributed by atoms with Gasteiger partial charge >= 0.3 is 0 Å². The molecule has 2 aromatic carbocycles. The first kappa shape index (κ1) is 13.4. The Labute approximate surface area is 115 Å². The van der Waals surface area contributed by atoms with Crippen molar-refractivity contribution in [2.75, 3.05) is 0 Å². The van der Waals surface area contributed by atoms with E-state index in [1.807, 2.05) is 0 Å². The molecule has 0 aromatic heterocycles. The predicted molar refractivity (Wildman–Crippen MR) is 73.3 cm³/mol. The van der Waals surface area contributed by atoms with Gasteiger partial charge in [0.25, 0.3) is 0 Å². The molecule has 0 aliphatic carbocycles. The van der Waals surface area contributed by atoms with Gasteiger partial charge in [-0.2, -0.15) is 0 Å². The highest BCUT2D eigenvalue weighted by atomic mass is 35.5. The topological polar surface area (TPSA) is 60.2 Å². The normalized spacial score (nSPS) is 11.5. The van der Waals surface area contributed by atoms with Crippen LogP contribution in [0.5, 0.6) is 0 Å². The first-order valence-corrected chi connectivity index (χ1v) is 7.27. The SMILES string of the molecule is NS(=O)(=O)c1c(Cl)cccc1-c1ccccc1Cl. The minimum absolute atomic E-state index is 0.0786. The summed E-state index contributed by atoms with van der Waals surface area (Å²) in [5.41, 5.74) is 0.973. The standard InChI is InChI=1S/C12H9Cl2NO2S/c13-10-6-2-1-4-8(10)9-5-3-7-11(14)12(9)18(15,16)17/h1-7H,(H2,15,16,17). The van der Waals surface area contributed by atoms with Crippen LogP contribution in [0.15, 0.2) is 47.4 Å². The number of halogens is 2. The van der Waals surface area contributed by atoms with Crippen molar-refractivity contribution in [3.8, 4) is 11.1 Å². The van der Waals surface area contributed by atoms with Gasteiger partial charge in [0, 0.05) is 16.1 Å². The van der Waals surface area contributed by atoms with Gasteiger partial charge in [0.05, 0.1) is 5.02 Å². The van der Waals surface area contributed by atoms with Gasteiger partial charge < -0.3 is 0 Å². The maximum absolute atomic E-state index is 11.6. The molecule has 3 nitrogen and oxygen atoms in total. The summed E-state index contributed by atoms with van der Waals surface area (Å²) < 4.78 is 23.2. The van der Waals surface area contributed by atoms with E-state index in [4.69, 9.17) is 28.3 Å². The van der Waals surface area contributed by atoms with Crippen LogP contribution in [-0.4, -0.2) is 8.42 Å². The number of hydrogen-bond donors (Lipinski definition) is 1. The first-order chi connectivity index (χ1) is 8.41. The van der Waals surface area contributed by atoms with E-state index < -0.39 is 10.0 Å². The Morgan fingerprint density at radius 2 is 1.39 bits per heavy atom. The summed E-state index contributed by atoms with van der Waals surface area (Å²) in [6.45, 7) is 0. The van der Waals surface area contributed by atoms with Crippen molar-refractivity contribution in [1.29, 1.82) is 0 Å². The molecule has 0 fully saturated rings. The van der Waals surface area contributed by atoms with Crippen LogP contribution in [0.1, 0.15) is 0 Å². The Morgan fingerprint density at radius 1 is 0.833 bits per heavy atom. The molecule has 2 aromatic rings. The molecule has 18 heavy (non-hydrogen) atoms. The van der Waals surface area contributed by atoms with Crippen molar-refractivity contribution < 1.29 is 8.42 Å². The number of rotatable bonds is 2. The minimum Gasteiger partial charge on any atom is -0.225 e. The maximum atomic E-state index is 11.6. The van der Waals surface area contributed by atoms with Gasteiger partial charge in [-0.25, -0.2) is 13.6 Å². The molecular formula is C12H9Cl2NO2S. The van der Waals surface area contributed by atoms with Crippen molar-refractivity contribution >= 4 is 33.2 Å². The monoisotopic (exact) mass is 301 g/mol. The predicted octanol–water partition coefficient (Wildman–Crippen LogP) is 3.31. The lowest BCUT2D eigenvalue weighted by atomic mass is 10.1. The van der Waals surface area contributed by atoms with Crippen LogP contribution in [0.3, 0.4) is 0 Å². The molecule has 0 saturated heterocycles. The second kappa shape index (κ2) is 4.90. The van der Waals surface area contributed by atoms with E-state index in [0.717, 1.165) is 0 Å². The number of sulfonamides is 1. The molecule has 0 bridgehead atoms. The van der Waals surface area contributed by atoms with Crippen LogP contribution in [-0.2, 0) is 10.0 Å². The molecule has 0 heterocycles. The summed E-state index contributed by atoms with van der Waals surface area (Å²) in [7, 11) is -3.92. The first-order valence-electron chi connectivity index (χ1n) is 4.97. The van der Waals surface area contributed by atoms with Gasteiger partial charge in [0.1, 0.15) is 4.90 Å². The Balaban J connectivity index is 2.82. The van der Waals surface area contributed by atoms with Gasteiger partial charge in [-0.3, -0.25) is 0 Å². The lowest BCUT2D eigenvalue weighted by Crippen LogP contribution is -2.14. The number of nitrogens with two attached hydrogens (primary N) is 1. The maximum Gasteiger partial charge on any atom is 0.240 e. The lowest BCUT2D eigenvalue weighted by molar-refractivity contribution is 0.598. The van der Waals surface area contributed by atoms with Gasteiger partial charge in [0.15, 0.2) is 0 Å². The van der Waals surface area contributed by atoms with Crippen molar-refractivity contribution in [3.05, 3.63) is 52.5 Å². The van der Waals surface area contributed by atoms with Gasteiger partial charge in [-0.1, -0.05) is 53.5 Å². The highest BCUT2D eigenvalue weighted by Crippen LogP contribution is 2.35. The summed E-state index contributed by atoms with van der Waals surface area (Å²) >= 11 is 12.0. The molecule has 0 unspecified atom stereocenters. The van der Waals surface area contributed by atoms with Crippen LogP contribution in [0.2, 0.25) is 10.0 Å².